The molecule has 2 aliphatic rings. The quantitative estimate of drug-likeness (QED) is 0.324. The zero-order valence-corrected chi connectivity index (χ0v) is 22.0. The molecule has 4 unspecified atom stereocenters. The molecule has 8 nitrogen and oxygen atoms in total. The number of urea groups is 1. The van der Waals surface area contributed by atoms with E-state index in [1.807, 2.05) is 78.9 Å². The van der Waals surface area contributed by atoms with Crippen LogP contribution in [0.3, 0.4) is 0 Å². The molecule has 3 aromatic carbocycles. The Morgan fingerprint density at radius 3 is 2.36 bits per heavy atom. The van der Waals surface area contributed by atoms with Crippen LogP contribution in [0.5, 0.6) is 0 Å². The van der Waals surface area contributed by atoms with Gasteiger partial charge in [0.2, 0.25) is 0 Å². The van der Waals surface area contributed by atoms with Crippen LogP contribution >= 0.6 is 0 Å². The number of nitrogens with one attached hydrogen (secondary N) is 2. The predicted molar refractivity (Wildman–Crippen MR) is 149 cm³/mol. The van der Waals surface area contributed by atoms with Crippen LogP contribution in [0.2, 0.25) is 0 Å². The molecule has 2 aliphatic heterocycles. The van der Waals surface area contributed by atoms with Gasteiger partial charge in [-0.05, 0) is 48.2 Å². The zero-order chi connectivity index (χ0) is 27.0. The average Bonchev–Trinajstić information content (AvgIpc) is 3.44. The van der Waals surface area contributed by atoms with Crippen molar-refractivity contribution in [3.63, 3.8) is 0 Å². The van der Waals surface area contributed by atoms with Gasteiger partial charge in [-0.3, -0.25) is 4.90 Å². The molecular weight excluding hydrogens is 494 g/mol. The summed E-state index contributed by atoms with van der Waals surface area (Å²) in [5, 5.41) is 25.0. The van der Waals surface area contributed by atoms with E-state index in [1.54, 1.807) is 0 Å². The topological polar surface area (TPSA) is 103 Å². The summed E-state index contributed by atoms with van der Waals surface area (Å²) in [6, 6.07) is 25.0. The lowest BCUT2D eigenvalue weighted by molar-refractivity contribution is -0.253. The number of ether oxygens (including phenoxy) is 2. The summed E-state index contributed by atoms with van der Waals surface area (Å²) in [6.07, 6.45) is 1.98. The van der Waals surface area contributed by atoms with E-state index in [-0.39, 0.29) is 37.5 Å². The number of rotatable bonds is 9. The third-order valence-corrected chi connectivity index (χ3v) is 7.50. The van der Waals surface area contributed by atoms with Crippen LogP contribution in [0, 0.1) is 0 Å². The van der Waals surface area contributed by atoms with Gasteiger partial charge in [-0.25, -0.2) is 4.79 Å². The van der Waals surface area contributed by atoms with Crippen molar-refractivity contribution in [2.24, 2.45) is 0 Å². The zero-order valence-electron chi connectivity index (χ0n) is 22.0. The summed E-state index contributed by atoms with van der Waals surface area (Å²) in [6.45, 7) is 2.30. The van der Waals surface area contributed by atoms with Crippen molar-refractivity contribution in [2.75, 3.05) is 25.0 Å². The molecule has 0 aromatic heterocycles. The van der Waals surface area contributed by atoms with E-state index < -0.39 is 6.29 Å². The van der Waals surface area contributed by atoms with E-state index in [1.165, 1.54) is 0 Å². The Labute approximate surface area is 229 Å². The molecular formula is C31H37N3O5. The van der Waals surface area contributed by atoms with Crippen molar-refractivity contribution < 1.29 is 24.5 Å². The smallest absolute Gasteiger partial charge is 0.319 e. The summed E-state index contributed by atoms with van der Waals surface area (Å²) in [4.78, 5) is 14.7. The molecule has 8 heteroatoms. The van der Waals surface area contributed by atoms with Gasteiger partial charge in [0, 0.05) is 36.8 Å². The molecule has 0 bridgehead atoms. The van der Waals surface area contributed by atoms with Crippen molar-refractivity contribution in [3.8, 4) is 0 Å². The largest absolute Gasteiger partial charge is 0.395 e. The number of anilines is 1. The first-order valence-electron chi connectivity index (χ1n) is 13.7. The fraction of sp³-hybridized carbons (Fsp3) is 0.387. The minimum atomic E-state index is -0.567. The second-order valence-corrected chi connectivity index (χ2v) is 10.2. The van der Waals surface area contributed by atoms with Crippen LogP contribution < -0.4 is 10.6 Å². The normalized spacial score (nSPS) is 23.4. The molecule has 4 N–H and O–H groups in total. The molecule has 2 fully saturated rings. The molecule has 3 aromatic rings. The molecule has 0 aliphatic carbocycles. The second-order valence-electron chi connectivity index (χ2n) is 10.2. The van der Waals surface area contributed by atoms with Crippen LogP contribution in [-0.4, -0.2) is 53.0 Å². The van der Waals surface area contributed by atoms with Crippen LogP contribution in [0.4, 0.5) is 10.5 Å². The highest BCUT2D eigenvalue weighted by Crippen LogP contribution is 2.39. The van der Waals surface area contributed by atoms with Crippen LogP contribution in [0.25, 0.3) is 0 Å². The molecule has 5 rings (SSSR count). The maximum absolute atomic E-state index is 12.4. The highest BCUT2D eigenvalue weighted by Gasteiger charge is 2.35. The van der Waals surface area contributed by atoms with Gasteiger partial charge in [-0.2, -0.15) is 0 Å². The number of carbonyl (C=O) groups is 1. The number of hydrogen-bond acceptors (Lipinski definition) is 6. The summed E-state index contributed by atoms with van der Waals surface area (Å²) in [5.41, 5.74) is 4.48. The van der Waals surface area contributed by atoms with Crippen LogP contribution in [0.15, 0.2) is 78.9 Å². The third-order valence-electron chi connectivity index (χ3n) is 7.50. The lowest BCUT2D eigenvalue weighted by Crippen LogP contribution is -2.42. The lowest BCUT2D eigenvalue weighted by Gasteiger charge is -2.38. The summed E-state index contributed by atoms with van der Waals surface area (Å²) >= 11 is 0. The van der Waals surface area contributed by atoms with Crippen molar-refractivity contribution in [2.45, 2.75) is 57.0 Å². The van der Waals surface area contributed by atoms with Gasteiger partial charge in [0.25, 0.3) is 0 Å². The fourth-order valence-electron chi connectivity index (χ4n) is 5.31. The third kappa shape index (κ3) is 7.23. The summed E-state index contributed by atoms with van der Waals surface area (Å²) < 4.78 is 12.9. The fourth-order valence-corrected chi connectivity index (χ4v) is 5.31. The molecule has 0 spiro atoms. The molecule has 0 radical (unpaired) electrons. The Kier molecular flexibility index (Phi) is 9.23. The minimum absolute atomic E-state index is 0.00232. The van der Waals surface area contributed by atoms with E-state index in [0.717, 1.165) is 48.2 Å². The van der Waals surface area contributed by atoms with E-state index in [9.17, 15) is 15.0 Å². The maximum atomic E-state index is 12.4. The number of likely N-dealkylation sites (tertiary alicyclic amines) is 1. The Balaban J connectivity index is 1.25. The second kappa shape index (κ2) is 13.2. The Morgan fingerprint density at radius 1 is 0.897 bits per heavy atom. The number of hydrogen-bond donors (Lipinski definition) is 4. The van der Waals surface area contributed by atoms with Crippen LogP contribution in [0.1, 0.15) is 53.9 Å². The first-order chi connectivity index (χ1) is 19.1. The van der Waals surface area contributed by atoms with Crippen molar-refractivity contribution in [1.82, 2.24) is 10.2 Å². The van der Waals surface area contributed by atoms with Crippen molar-refractivity contribution in [3.05, 3.63) is 101 Å². The van der Waals surface area contributed by atoms with Gasteiger partial charge in [-0.15, -0.1) is 0 Å². The van der Waals surface area contributed by atoms with Gasteiger partial charge in [-0.1, -0.05) is 66.7 Å². The first-order valence-corrected chi connectivity index (χ1v) is 13.7. The highest BCUT2D eigenvalue weighted by molar-refractivity contribution is 5.89. The first kappa shape index (κ1) is 27.3. The number of amides is 2. The van der Waals surface area contributed by atoms with Gasteiger partial charge >= 0.3 is 6.03 Å². The maximum Gasteiger partial charge on any atom is 0.319 e. The molecule has 206 valence electrons. The number of benzene rings is 3. The minimum Gasteiger partial charge on any atom is -0.395 e. The highest BCUT2D eigenvalue weighted by atomic mass is 16.7. The van der Waals surface area contributed by atoms with Crippen LogP contribution in [-0.2, 0) is 22.6 Å². The van der Waals surface area contributed by atoms with Gasteiger partial charge in [0.1, 0.15) is 0 Å². The predicted octanol–water partition coefficient (Wildman–Crippen LogP) is 4.50. The number of nitrogens with zero attached hydrogens (tertiary/aromatic N) is 1. The molecule has 39 heavy (non-hydrogen) atoms. The molecule has 2 heterocycles. The van der Waals surface area contributed by atoms with E-state index in [4.69, 9.17) is 9.47 Å². The standard InChI is InChI=1S/C31H37N3O5/c35-20-23-8-10-24(11-9-23)29-17-28(19-34-16-4-7-27(34)21-36)38-30(39-29)25-12-14-26(15-13-25)33-31(37)32-18-22-5-2-1-3-6-22/h1-3,5-6,8-15,27-30,35-36H,4,7,16-21H2,(H2,32,33,37). The average molecular weight is 532 g/mol. The lowest BCUT2D eigenvalue weighted by atomic mass is 9.99. The SMILES string of the molecule is O=C(NCc1ccccc1)Nc1ccc(C2OC(CN3CCCC3CO)CC(c3ccc(CO)cc3)O2)cc1. The van der Waals surface area contributed by atoms with E-state index in [2.05, 4.69) is 15.5 Å². The van der Waals surface area contributed by atoms with Crippen molar-refractivity contribution >= 4 is 11.7 Å². The Morgan fingerprint density at radius 2 is 1.64 bits per heavy atom. The Hall–Kier alpha value is -3.27. The summed E-state index contributed by atoms with van der Waals surface area (Å²) in [5.74, 6) is 0. The monoisotopic (exact) mass is 531 g/mol. The van der Waals surface area contributed by atoms with E-state index in [0.29, 0.717) is 18.7 Å². The molecule has 2 saturated heterocycles. The number of aliphatic hydroxyl groups is 2. The van der Waals surface area contributed by atoms with E-state index >= 15 is 0 Å². The molecule has 0 saturated carbocycles. The molecule has 2 amide bonds. The number of carbonyl (C=O) groups excluding carboxylic acids is 1. The Bertz CT molecular complexity index is 1190. The van der Waals surface area contributed by atoms with Gasteiger partial charge in [0.05, 0.1) is 25.4 Å². The molecule has 4 atom stereocenters. The van der Waals surface area contributed by atoms with Crippen molar-refractivity contribution in [1.29, 1.82) is 0 Å². The summed E-state index contributed by atoms with van der Waals surface area (Å²) in [7, 11) is 0. The number of aliphatic hydroxyl groups excluding tert-OH is 2. The van der Waals surface area contributed by atoms with Gasteiger partial charge < -0.3 is 30.3 Å². The van der Waals surface area contributed by atoms with Gasteiger partial charge in [0.15, 0.2) is 6.29 Å².